The van der Waals surface area contributed by atoms with Crippen LogP contribution in [0.2, 0.25) is 11.1 Å². The van der Waals surface area contributed by atoms with Crippen LogP contribution < -0.4 is 27.8 Å². The third kappa shape index (κ3) is 2.37. The molecule has 0 amide bonds. The van der Waals surface area contributed by atoms with Crippen molar-refractivity contribution < 1.29 is 27.8 Å². The van der Waals surface area contributed by atoms with Crippen molar-refractivity contribution in [1.29, 1.82) is 0 Å². The van der Waals surface area contributed by atoms with E-state index >= 15 is 0 Å². The minimum atomic E-state index is -2.65. The molecule has 142 valence electrons. The molecule has 6 nitrogen and oxygen atoms in total. The highest BCUT2D eigenvalue weighted by Crippen LogP contribution is 2.53. The van der Waals surface area contributed by atoms with E-state index in [1.807, 2.05) is 24.3 Å². The molecule has 5 rings (SSSR count). The third-order valence-corrected chi connectivity index (χ3v) is 9.69. The summed E-state index contributed by atoms with van der Waals surface area (Å²) in [6.07, 6.45) is 0. The molecular weight excluding hydrogens is 364 g/mol. The van der Waals surface area contributed by atoms with E-state index in [0.29, 0.717) is 23.0 Å². The van der Waals surface area contributed by atoms with Crippen LogP contribution >= 0.6 is 0 Å². The Kier molecular flexibility index (Phi) is 3.52. The molecule has 7 heteroatoms. The summed E-state index contributed by atoms with van der Waals surface area (Å²) in [6.45, 7) is 9.10. The first-order chi connectivity index (χ1) is 13.0. The van der Waals surface area contributed by atoms with Crippen LogP contribution in [-0.2, 0) is 0 Å². The van der Waals surface area contributed by atoms with Gasteiger partial charge in [0.25, 0.3) is 0 Å². The molecule has 0 aliphatic carbocycles. The van der Waals surface area contributed by atoms with Crippen molar-refractivity contribution in [3.05, 3.63) is 24.3 Å². The van der Waals surface area contributed by atoms with Crippen molar-refractivity contribution in [3.63, 3.8) is 0 Å². The van der Waals surface area contributed by atoms with Gasteiger partial charge < -0.3 is 27.8 Å². The minimum Gasteiger partial charge on any atom is -0.511 e. The normalized spacial score (nSPS) is 17.9. The smallest absolute Gasteiger partial charge is 0.465 e. The summed E-state index contributed by atoms with van der Waals surface area (Å²) in [5.41, 5.74) is 2.32. The summed E-state index contributed by atoms with van der Waals surface area (Å²) in [5, 5.41) is 0. The molecule has 0 fully saturated rings. The summed E-state index contributed by atoms with van der Waals surface area (Å²) < 4.78 is 35.8. The molecule has 0 bridgehead atoms. The topological polar surface area (TPSA) is 55.4 Å². The highest BCUT2D eigenvalue weighted by atomic mass is 28.4. The summed E-state index contributed by atoms with van der Waals surface area (Å²) in [4.78, 5) is 0. The molecule has 3 heterocycles. The van der Waals surface area contributed by atoms with Gasteiger partial charge >= 0.3 is 8.56 Å². The maximum atomic E-state index is 6.71. The van der Waals surface area contributed by atoms with Crippen LogP contribution in [0.4, 0.5) is 0 Å². The zero-order valence-electron chi connectivity index (χ0n) is 15.8. The molecule has 0 saturated carbocycles. The average Bonchev–Trinajstić information content (AvgIpc) is 3.24. The van der Waals surface area contributed by atoms with Crippen LogP contribution in [0.25, 0.3) is 11.1 Å². The summed E-state index contributed by atoms with van der Waals surface area (Å²) in [5.74, 6) is 4.37. The van der Waals surface area contributed by atoms with Gasteiger partial charge in [-0.3, -0.25) is 0 Å². The molecule has 0 N–H and O–H groups in total. The first-order valence-corrected chi connectivity index (χ1v) is 11.2. The van der Waals surface area contributed by atoms with Gasteiger partial charge in [-0.2, -0.15) is 0 Å². The van der Waals surface area contributed by atoms with Crippen molar-refractivity contribution in [2.45, 2.75) is 38.8 Å². The van der Waals surface area contributed by atoms with Crippen molar-refractivity contribution in [1.82, 2.24) is 0 Å². The second-order valence-corrected chi connectivity index (χ2v) is 11.8. The fourth-order valence-electron chi connectivity index (χ4n) is 3.94. The van der Waals surface area contributed by atoms with Crippen LogP contribution in [0.1, 0.15) is 27.7 Å². The number of rotatable bonds is 2. The Bertz CT molecular complexity index is 848. The Balaban J connectivity index is 1.78. The Morgan fingerprint density at radius 1 is 0.593 bits per heavy atom. The van der Waals surface area contributed by atoms with Gasteiger partial charge in [0.05, 0.1) is 0 Å². The largest absolute Gasteiger partial charge is 0.511 e. The lowest BCUT2D eigenvalue weighted by molar-refractivity contribution is 0.173. The molecule has 2 aromatic carbocycles. The molecule has 3 aliphatic rings. The van der Waals surface area contributed by atoms with Gasteiger partial charge in [-0.15, -0.1) is 0 Å². The maximum absolute atomic E-state index is 6.71. The van der Waals surface area contributed by atoms with E-state index in [-0.39, 0.29) is 24.7 Å². The zero-order chi connectivity index (χ0) is 18.8. The van der Waals surface area contributed by atoms with Gasteiger partial charge in [0.15, 0.2) is 23.0 Å². The number of benzene rings is 2. The van der Waals surface area contributed by atoms with Gasteiger partial charge in [-0.05, 0) is 12.1 Å². The van der Waals surface area contributed by atoms with E-state index < -0.39 is 8.56 Å². The summed E-state index contributed by atoms with van der Waals surface area (Å²) in [6, 6.07) is 7.78. The lowest BCUT2D eigenvalue weighted by Crippen LogP contribution is -2.53. The minimum absolute atomic E-state index is 0.222. The van der Waals surface area contributed by atoms with Gasteiger partial charge in [0.1, 0.15) is 11.5 Å². The van der Waals surface area contributed by atoms with Crippen LogP contribution in [0.3, 0.4) is 0 Å². The van der Waals surface area contributed by atoms with Crippen LogP contribution in [0, 0.1) is 0 Å². The van der Waals surface area contributed by atoms with Gasteiger partial charge in [0.2, 0.25) is 13.6 Å². The fraction of sp³-hybridized carbons (Fsp3) is 0.400. The molecule has 0 atom stereocenters. The molecular formula is C20H22O6Si. The van der Waals surface area contributed by atoms with E-state index in [1.54, 1.807) is 0 Å². The molecule has 0 spiro atoms. The molecule has 0 aromatic heterocycles. The number of ether oxygens (including phenoxy) is 4. The third-order valence-electron chi connectivity index (χ3n) is 5.39. The zero-order valence-corrected chi connectivity index (χ0v) is 16.8. The van der Waals surface area contributed by atoms with E-state index in [0.717, 1.165) is 22.6 Å². The lowest BCUT2D eigenvalue weighted by atomic mass is 10.0. The summed E-state index contributed by atoms with van der Waals surface area (Å²) >= 11 is 0. The number of hydrogen-bond donors (Lipinski definition) is 0. The first kappa shape index (κ1) is 16.6. The first-order valence-electron chi connectivity index (χ1n) is 9.23. The Morgan fingerprint density at radius 3 is 1.33 bits per heavy atom. The van der Waals surface area contributed by atoms with E-state index in [4.69, 9.17) is 27.8 Å². The van der Waals surface area contributed by atoms with Crippen molar-refractivity contribution in [3.8, 4) is 45.6 Å². The van der Waals surface area contributed by atoms with Crippen LogP contribution in [0.15, 0.2) is 24.3 Å². The quantitative estimate of drug-likeness (QED) is 0.688. The summed E-state index contributed by atoms with van der Waals surface area (Å²) in [7, 11) is -2.65. The molecule has 2 aromatic rings. The standard InChI is InChI=1S/C20H22O6Si/c1-11(2)27(12(3)4)25-15-7-19-17(21-9-23-19)5-13(15)14-6-18-20(24-10-22-18)8-16(14)26-27/h5-8,11-12H,9-10H2,1-4H3. The highest BCUT2D eigenvalue weighted by molar-refractivity contribution is 6.71. The van der Waals surface area contributed by atoms with Crippen molar-refractivity contribution >= 4 is 8.56 Å². The Hall–Kier alpha value is -2.54. The van der Waals surface area contributed by atoms with Crippen molar-refractivity contribution in [2.24, 2.45) is 0 Å². The average molecular weight is 386 g/mol. The molecule has 3 aliphatic heterocycles. The van der Waals surface area contributed by atoms with Crippen LogP contribution in [-0.4, -0.2) is 22.1 Å². The predicted octanol–water partition coefficient (Wildman–Crippen LogP) is 4.84. The lowest BCUT2D eigenvalue weighted by Gasteiger charge is -2.36. The maximum Gasteiger partial charge on any atom is 0.465 e. The monoisotopic (exact) mass is 386 g/mol. The SMILES string of the molecule is CC(C)[Si]1(C(C)C)Oc2cc3c(cc2-c2cc4c(cc2O1)OCO4)OCO3. The van der Waals surface area contributed by atoms with Gasteiger partial charge in [-0.25, -0.2) is 0 Å². The van der Waals surface area contributed by atoms with E-state index in [1.165, 1.54) is 0 Å². The number of fused-ring (bicyclic) bond motifs is 5. The Morgan fingerprint density at radius 2 is 0.963 bits per heavy atom. The van der Waals surface area contributed by atoms with E-state index in [9.17, 15) is 0 Å². The van der Waals surface area contributed by atoms with E-state index in [2.05, 4.69) is 27.7 Å². The molecule has 0 radical (unpaired) electrons. The highest BCUT2D eigenvalue weighted by Gasteiger charge is 2.51. The predicted molar refractivity (Wildman–Crippen MR) is 101 cm³/mol. The Labute approximate surface area is 159 Å². The second kappa shape index (κ2) is 5.72. The van der Waals surface area contributed by atoms with Crippen molar-refractivity contribution in [2.75, 3.05) is 13.6 Å². The molecule has 0 unspecified atom stereocenters. The fourth-order valence-corrected chi connectivity index (χ4v) is 7.28. The van der Waals surface area contributed by atoms with Crippen LogP contribution in [0.5, 0.6) is 34.5 Å². The molecule has 0 saturated heterocycles. The second-order valence-electron chi connectivity index (χ2n) is 7.64. The van der Waals surface area contributed by atoms with Gasteiger partial charge in [-0.1, -0.05) is 27.7 Å². The van der Waals surface area contributed by atoms with Gasteiger partial charge in [0, 0.05) is 34.3 Å². The number of hydrogen-bond acceptors (Lipinski definition) is 6. The molecule has 27 heavy (non-hydrogen) atoms.